The van der Waals surface area contributed by atoms with Crippen molar-refractivity contribution in [1.82, 2.24) is 10.6 Å². The van der Waals surface area contributed by atoms with Gasteiger partial charge in [-0.2, -0.15) is 11.8 Å². The highest BCUT2D eigenvalue weighted by Gasteiger charge is 2.14. The Balaban J connectivity index is 0.00000242. The lowest BCUT2D eigenvalue weighted by Gasteiger charge is -2.13. The molecule has 0 bridgehead atoms. The summed E-state index contributed by atoms with van der Waals surface area (Å²) in [5.41, 5.74) is 0. The maximum atomic E-state index is 5.61. The summed E-state index contributed by atoms with van der Waals surface area (Å²) in [6.07, 6.45) is 7.23. The van der Waals surface area contributed by atoms with Gasteiger partial charge in [0.1, 0.15) is 5.76 Å². The highest BCUT2D eigenvalue weighted by molar-refractivity contribution is 14.0. The molecule has 0 radical (unpaired) electrons. The van der Waals surface area contributed by atoms with Gasteiger partial charge in [-0.1, -0.05) is 0 Å². The third-order valence-corrected chi connectivity index (χ3v) is 3.93. The molecule has 0 aromatic carbocycles. The van der Waals surface area contributed by atoms with E-state index in [1.54, 1.807) is 6.26 Å². The average Bonchev–Trinajstić information content (AvgIpc) is 3.18. The predicted molar refractivity (Wildman–Crippen MR) is 103 cm³/mol. The zero-order chi connectivity index (χ0) is 14.8. The van der Waals surface area contributed by atoms with Gasteiger partial charge in [-0.15, -0.1) is 24.0 Å². The molecule has 1 saturated heterocycles. The number of hydrogen-bond donors (Lipinski definition) is 2. The van der Waals surface area contributed by atoms with Crippen LogP contribution in [0.25, 0.3) is 0 Å². The Morgan fingerprint density at radius 2 is 2.27 bits per heavy atom. The van der Waals surface area contributed by atoms with E-state index in [9.17, 15) is 0 Å². The number of guanidine groups is 1. The predicted octanol–water partition coefficient (Wildman–Crippen LogP) is 2.52. The van der Waals surface area contributed by atoms with Crippen LogP contribution in [0.2, 0.25) is 0 Å². The zero-order valence-electron chi connectivity index (χ0n) is 13.0. The van der Waals surface area contributed by atoms with E-state index >= 15 is 0 Å². The van der Waals surface area contributed by atoms with Gasteiger partial charge in [-0.3, -0.25) is 4.99 Å². The van der Waals surface area contributed by atoms with Crippen LogP contribution in [-0.4, -0.2) is 50.3 Å². The molecular formula is C15H26IN3O2S. The molecule has 1 aromatic heterocycles. The van der Waals surface area contributed by atoms with Crippen molar-refractivity contribution in [2.24, 2.45) is 4.99 Å². The number of nitrogens with one attached hydrogen (secondary N) is 2. The van der Waals surface area contributed by atoms with Crippen LogP contribution in [0.15, 0.2) is 27.8 Å². The number of aliphatic imine (C=N–C) groups is 1. The summed E-state index contributed by atoms with van der Waals surface area (Å²) in [5, 5.41) is 6.71. The maximum Gasteiger partial charge on any atom is 0.191 e. The van der Waals surface area contributed by atoms with Crippen LogP contribution in [-0.2, 0) is 11.2 Å². The Kier molecular flexibility index (Phi) is 10.8. The van der Waals surface area contributed by atoms with E-state index in [-0.39, 0.29) is 30.1 Å². The molecule has 22 heavy (non-hydrogen) atoms. The Hall–Kier alpha value is -0.410. The largest absolute Gasteiger partial charge is 0.469 e. The monoisotopic (exact) mass is 439 g/mol. The van der Waals surface area contributed by atoms with E-state index in [1.807, 2.05) is 23.9 Å². The molecule has 1 aliphatic rings. The van der Waals surface area contributed by atoms with Gasteiger partial charge >= 0.3 is 0 Å². The number of thioether (sulfide) groups is 1. The second-order valence-corrected chi connectivity index (χ2v) is 5.99. The van der Waals surface area contributed by atoms with Crippen molar-refractivity contribution in [3.63, 3.8) is 0 Å². The molecule has 1 aromatic rings. The number of furan rings is 1. The molecule has 1 unspecified atom stereocenters. The molecule has 7 heteroatoms. The van der Waals surface area contributed by atoms with E-state index in [4.69, 9.17) is 9.15 Å². The molecule has 0 aliphatic carbocycles. The van der Waals surface area contributed by atoms with Crippen molar-refractivity contribution < 1.29 is 9.15 Å². The summed E-state index contributed by atoms with van der Waals surface area (Å²) in [6, 6.07) is 3.91. The number of rotatable bonds is 8. The van der Waals surface area contributed by atoms with Crippen molar-refractivity contribution >= 4 is 41.7 Å². The second kappa shape index (κ2) is 12.1. The quantitative estimate of drug-likeness (QED) is 0.282. The van der Waals surface area contributed by atoms with Gasteiger partial charge in [0.05, 0.1) is 18.9 Å². The van der Waals surface area contributed by atoms with E-state index < -0.39 is 0 Å². The average molecular weight is 439 g/mol. The lowest BCUT2D eigenvalue weighted by atomic mass is 10.2. The lowest BCUT2D eigenvalue weighted by Crippen LogP contribution is -2.40. The van der Waals surface area contributed by atoms with Crippen molar-refractivity contribution in [1.29, 1.82) is 0 Å². The van der Waals surface area contributed by atoms with Crippen LogP contribution in [0.4, 0.5) is 0 Å². The van der Waals surface area contributed by atoms with E-state index in [0.717, 1.165) is 63.0 Å². The van der Waals surface area contributed by atoms with Crippen LogP contribution < -0.4 is 10.6 Å². The topological polar surface area (TPSA) is 58.8 Å². The molecule has 126 valence electrons. The van der Waals surface area contributed by atoms with Gasteiger partial charge in [0.25, 0.3) is 0 Å². The van der Waals surface area contributed by atoms with Gasteiger partial charge in [-0.05, 0) is 31.2 Å². The fraction of sp³-hybridized carbons (Fsp3) is 0.667. The molecule has 5 nitrogen and oxygen atoms in total. The van der Waals surface area contributed by atoms with Crippen LogP contribution in [0.3, 0.4) is 0 Å². The van der Waals surface area contributed by atoms with E-state index in [2.05, 4.69) is 21.9 Å². The number of halogens is 1. The summed E-state index contributed by atoms with van der Waals surface area (Å²) < 4.78 is 10.9. The summed E-state index contributed by atoms with van der Waals surface area (Å²) in [7, 11) is 0. The minimum atomic E-state index is 0. The number of hydrogen-bond acceptors (Lipinski definition) is 4. The molecule has 2 rings (SSSR count). The molecule has 2 N–H and O–H groups in total. The minimum Gasteiger partial charge on any atom is -0.469 e. The van der Waals surface area contributed by atoms with Crippen LogP contribution in [0.5, 0.6) is 0 Å². The Morgan fingerprint density at radius 1 is 1.41 bits per heavy atom. The first-order valence-electron chi connectivity index (χ1n) is 7.53. The van der Waals surface area contributed by atoms with Crippen LogP contribution in [0, 0.1) is 0 Å². The Morgan fingerprint density at radius 3 is 2.95 bits per heavy atom. The second-order valence-electron chi connectivity index (χ2n) is 5.00. The standard InChI is InChI=1S/C15H25N3O2S.HI/c1-21-11-8-17-15(18-12-14-5-3-10-20-14)16-7-6-13-4-2-9-19-13;/h2,4,9,14H,3,5-8,10-12H2,1H3,(H2,16,17,18);1H. The summed E-state index contributed by atoms with van der Waals surface area (Å²) >= 11 is 1.82. The van der Waals surface area contributed by atoms with Crippen molar-refractivity contribution in [2.45, 2.75) is 25.4 Å². The third kappa shape index (κ3) is 7.73. The highest BCUT2D eigenvalue weighted by Crippen LogP contribution is 2.11. The first-order chi connectivity index (χ1) is 10.4. The molecule has 0 amide bonds. The smallest absolute Gasteiger partial charge is 0.191 e. The highest BCUT2D eigenvalue weighted by atomic mass is 127. The molecule has 1 atom stereocenters. The van der Waals surface area contributed by atoms with Crippen LogP contribution >= 0.6 is 35.7 Å². The van der Waals surface area contributed by atoms with Crippen LogP contribution in [0.1, 0.15) is 18.6 Å². The summed E-state index contributed by atoms with van der Waals surface area (Å²) in [5.74, 6) is 2.93. The molecule has 1 aliphatic heterocycles. The van der Waals surface area contributed by atoms with Gasteiger partial charge < -0.3 is 19.8 Å². The minimum absolute atomic E-state index is 0. The van der Waals surface area contributed by atoms with Crippen molar-refractivity contribution in [2.75, 3.05) is 38.2 Å². The number of nitrogens with zero attached hydrogens (tertiary/aromatic N) is 1. The van der Waals surface area contributed by atoms with Crippen molar-refractivity contribution in [3.05, 3.63) is 24.2 Å². The SMILES string of the molecule is CSCCNC(=NCC1CCCO1)NCCc1ccco1.I. The fourth-order valence-corrected chi connectivity index (χ4v) is 2.49. The molecule has 2 heterocycles. The molecule has 0 saturated carbocycles. The number of ether oxygens (including phenoxy) is 1. The lowest BCUT2D eigenvalue weighted by molar-refractivity contribution is 0.117. The Labute approximate surface area is 154 Å². The molecule has 0 spiro atoms. The van der Waals surface area contributed by atoms with E-state index in [1.165, 1.54) is 0 Å². The zero-order valence-corrected chi connectivity index (χ0v) is 16.2. The first kappa shape index (κ1) is 19.6. The fourth-order valence-electron chi connectivity index (χ4n) is 2.19. The van der Waals surface area contributed by atoms with Gasteiger partial charge in [-0.25, -0.2) is 0 Å². The van der Waals surface area contributed by atoms with Gasteiger partial charge in [0.15, 0.2) is 5.96 Å². The van der Waals surface area contributed by atoms with Gasteiger partial charge in [0, 0.05) is 31.9 Å². The maximum absolute atomic E-state index is 5.61. The Bertz CT molecular complexity index is 409. The van der Waals surface area contributed by atoms with E-state index in [0.29, 0.717) is 0 Å². The third-order valence-electron chi connectivity index (χ3n) is 3.32. The summed E-state index contributed by atoms with van der Waals surface area (Å²) in [6.45, 7) is 3.33. The van der Waals surface area contributed by atoms with Gasteiger partial charge in [0.2, 0.25) is 0 Å². The summed E-state index contributed by atoms with van der Waals surface area (Å²) in [4.78, 5) is 4.63. The first-order valence-corrected chi connectivity index (χ1v) is 8.93. The molecular weight excluding hydrogens is 413 g/mol. The normalized spacial score (nSPS) is 18.0. The van der Waals surface area contributed by atoms with Crippen molar-refractivity contribution in [3.8, 4) is 0 Å². The molecule has 1 fully saturated rings.